The van der Waals surface area contributed by atoms with Crippen molar-refractivity contribution < 1.29 is 9.84 Å². The number of aromatic hydroxyl groups is 1. The van der Waals surface area contributed by atoms with Crippen LogP contribution in [-0.4, -0.2) is 61.3 Å². The van der Waals surface area contributed by atoms with Gasteiger partial charge in [0, 0.05) is 32.7 Å². The minimum Gasteiger partial charge on any atom is -0.504 e. The van der Waals surface area contributed by atoms with Crippen LogP contribution in [0.4, 0.5) is 0 Å². The summed E-state index contributed by atoms with van der Waals surface area (Å²) in [6, 6.07) is 14.3. The fraction of sp³-hybridized carbons (Fsp3) is 0.455. The van der Waals surface area contributed by atoms with Crippen molar-refractivity contribution in [2.24, 2.45) is 0 Å². The molecule has 0 unspecified atom stereocenters. The molecule has 0 radical (unpaired) electrons. The molecule has 1 heterocycles. The number of rotatable bonds is 8. The fourth-order valence-electron chi connectivity index (χ4n) is 3.64. The Morgan fingerprint density at radius 1 is 0.926 bits per heavy atom. The number of phenols is 1. The molecular weight excluding hydrogens is 360 g/mol. The lowest BCUT2D eigenvalue weighted by molar-refractivity contribution is 0.132. The molecule has 4 nitrogen and oxygen atoms in total. The number of hydrogen-bond acceptors (Lipinski definition) is 4. The second-order valence-electron chi connectivity index (χ2n) is 7.11. The van der Waals surface area contributed by atoms with E-state index in [1.54, 1.807) is 6.07 Å². The first kappa shape index (κ1) is 20.0. The Morgan fingerprint density at radius 2 is 1.59 bits per heavy atom. The van der Waals surface area contributed by atoms with Gasteiger partial charge < -0.3 is 19.6 Å². The maximum Gasteiger partial charge on any atom is 0.179 e. The molecule has 0 spiro atoms. The molecule has 0 atom stereocenters. The van der Waals surface area contributed by atoms with Gasteiger partial charge in [-0.2, -0.15) is 0 Å². The van der Waals surface area contributed by atoms with Crippen LogP contribution in [-0.2, 0) is 12.8 Å². The van der Waals surface area contributed by atoms with E-state index >= 15 is 0 Å². The van der Waals surface area contributed by atoms with E-state index in [0.717, 1.165) is 51.1 Å². The second kappa shape index (κ2) is 9.98. The van der Waals surface area contributed by atoms with Crippen LogP contribution in [0.3, 0.4) is 0 Å². The molecule has 27 heavy (non-hydrogen) atoms. The number of aryl methyl sites for hydroxylation is 1. The third-order valence-corrected chi connectivity index (χ3v) is 5.72. The van der Waals surface area contributed by atoms with Gasteiger partial charge in [-0.15, -0.1) is 0 Å². The maximum atomic E-state index is 9.78. The van der Waals surface area contributed by atoms with Gasteiger partial charge in [0.2, 0.25) is 0 Å². The summed E-state index contributed by atoms with van der Waals surface area (Å²) in [6.07, 6.45) is 3.23. The van der Waals surface area contributed by atoms with Crippen LogP contribution in [0.2, 0.25) is 5.02 Å². The molecule has 1 fully saturated rings. The highest BCUT2D eigenvalue weighted by atomic mass is 35.5. The van der Waals surface area contributed by atoms with Crippen molar-refractivity contribution in [3.8, 4) is 11.5 Å². The molecule has 1 aliphatic heterocycles. The average Bonchev–Trinajstić information content (AvgIpc) is 2.70. The summed E-state index contributed by atoms with van der Waals surface area (Å²) in [6.45, 7) is 6.59. The van der Waals surface area contributed by atoms with E-state index in [2.05, 4.69) is 40.1 Å². The fourth-order valence-corrected chi connectivity index (χ4v) is 3.97. The van der Waals surface area contributed by atoms with Crippen molar-refractivity contribution in [2.45, 2.75) is 19.3 Å². The number of piperazine rings is 1. The minimum absolute atomic E-state index is 0.0929. The maximum absolute atomic E-state index is 9.78. The standard InChI is InChI=1S/C22H29ClN2O2/c1-27-22-20(26)10-9-19(21(22)23)11-13-25-16-14-24(15-17-25)12-5-8-18-6-3-2-4-7-18/h2-4,6-7,9-10,26H,5,8,11-17H2,1H3. The highest BCUT2D eigenvalue weighted by molar-refractivity contribution is 6.33. The van der Waals surface area contributed by atoms with E-state index in [0.29, 0.717) is 10.8 Å². The molecule has 0 amide bonds. The molecule has 2 aromatic carbocycles. The van der Waals surface area contributed by atoms with Gasteiger partial charge in [0.1, 0.15) is 0 Å². The van der Waals surface area contributed by atoms with Gasteiger partial charge in [-0.1, -0.05) is 48.0 Å². The molecule has 0 aromatic heterocycles. The predicted octanol–water partition coefficient (Wildman–Crippen LogP) is 3.85. The highest BCUT2D eigenvalue weighted by Gasteiger charge is 2.18. The zero-order valence-electron chi connectivity index (χ0n) is 16.0. The molecule has 3 rings (SSSR count). The van der Waals surface area contributed by atoms with Crippen molar-refractivity contribution >= 4 is 11.6 Å². The summed E-state index contributed by atoms with van der Waals surface area (Å²) < 4.78 is 5.19. The highest BCUT2D eigenvalue weighted by Crippen LogP contribution is 2.36. The Bertz CT molecular complexity index is 716. The molecule has 0 saturated carbocycles. The normalized spacial score (nSPS) is 15.8. The minimum atomic E-state index is 0.0929. The SMILES string of the molecule is COc1c(O)ccc(CCN2CCN(CCCc3ccccc3)CC2)c1Cl. The first-order valence-corrected chi connectivity index (χ1v) is 10.1. The molecule has 0 aliphatic carbocycles. The van der Waals surface area contributed by atoms with E-state index < -0.39 is 0 Å². The lowest BCUT2D eigenvalue weighted by Crippen LogP contribution is -2.47. The Kier molecular flexibility index (Phi) is 7.39. The van der Waals surface area contributed by atoms with Gasteiger partial charge in [0.25, 0.3) is 0 Å². The molecule has 1 N–H and O–H groups in total. The lowest BCUT2D eigenvalue weighted by Gasteiger charge is -2.34. The zero-order valence-corrected chi connectivity index (χ0v) is 16.8. The van der Waals surface area contributed by atoms with Gasteiger partial charge >= 0.3 is 0 Å². The van der Waals surface area contributed by atoms with E-state index in [4.69, 9.17) is 16.3 Å². The second-order valence-corrected chi connectivity index (χ2v) is 7.49. The Labute approximate surface area is 167 Å². The van der Waals surface area contributed by atoms with Crippen LogP contribution < -0.4 is 4.74 Å². The van der Waals surface area contributed by atoms with E-state index in [1.165, 1.54) is 25.6 Å². The van der Waals surface area contributed by atoms with Crippen molar-refractivity contribution in [3.05, 3.63) is 58.6 Å². The summed E-state index contributed by atoms with van der Waals surface area (Å²) >= 11 is 6.35. The number of hydrogen-bond donors (Lipinski definition) is 1. The monoisotopic (exact) mass is 388 g/mol. The van der Waals surface area contributed by atoms with Gasteiger partial charge in [0.05, 0.1) is 12.1 Å². The van der Waals surface area contributed by atoms with Gasteiger partial charge in [0.15, 0.2) is 11.5 Å². The van der Waals surface area contributed by atoms with Gasteiger partial charge in [-0.3, -0.25) is 0 Å². The smallest absolute Gasteiger partial charge is 0.179 e. The summed E-state index contributed by atoms with van der Waals surface area (Å²) in [7, 11) is 1.53. The summed E-state index contributed by atoms with van der Waals surface area (Å²) in [4.78, 5) is 5.05. The van der Waals surface area contributed by atoms with Crippen LogP contribution in [0.15, 0.2) is 42.5 Å². The number of halogens is 1. The average molecular weight is 389 g/mol. The largest absolute Gasteiger partial charge is 0.504 e. The molecule has 1 aliphatic rings. The van der Waals surface area contributed by atoms with Crippen LogP contribution >= 0.6 is 11.6 Å². The lowest BCUT2D eigenvalue weighted by atomic mass is 10.1. The van der Waals surface area contributed by atoms with Crippen LogP contribution in [0, 0.1) is 0 Å². The molecule has 1 saturated heterocycles. The van der Waals surface area contributed by atoms with Crippen molar-refractivity contribution in [1.82, 2.24) is 9.80 Å². The van der Waals surface area contributed by atoms with E-state index in [9.17, 15) is 5.11 Å². The Balaban J connectivity index is 1.38. The third-order valence-electron chi connectivity index (χ3n) is 5.31. The van der Waals surface area contributed by atoms with Gasteiger partial charge in [-0.05, 0) is 43.0 Å². The number of ether oxygens (including phenoxy) is 1. The molecule has 2 aromatic rings. The number of benzene rings is 2. The topological polar surface area (TPSA) is 35.9 Å². The number of methoxy groups -OCH3 is 1. The first-order chi connectivity index (χ1) is 13.2. The van der Waals surface area contributed by atoms with Crippen LogP contribution in [0.25, 0.3) is 0 Å². The van der Waals surface area contributed by atoms with Gasteiger partial charge in [-0.25, -0.2) is 0 Å². The number of phenolic OH excluding ortho intramolecular Hbond substituents is 1. The quantitative estimate of drug-likeness (QED) is 0.745. The van der Waals surface area contributed by atoms with Crippen molar-refractivity contribution in [1.29, 1.82) is 0 Å². The molecule has 0 bridgehead atoms. The van der Waals surface area contributed by atoms with Crippen molar-refractivity contribution in [3.63, 3.8) is 0 Å². The van der Waals surface area contributed by atoms with Crippen molar-refractivity contribution in [2.75, 3.05) is 46.4 Å². The summed E-state index contributed by atoms with van der Waals surface area (Å²) in [5.74, 6) is 0.466. The Morgan fingerprint density at radius 3 is 2.26 bits per heavy atom. The Hall–Kier alpha value is -1.75. The zero-order chi connectivity index (χ0) is 19.1. The van der Waals surface area contributed by atoms with E-state index in [1.807, 2.05) is 6.07 Å². The van der Waals surface area contributed by atoms with E-state index in [-0.39, 0.29) is 5.75 Å². The molecular formula is C22H29ClN2O2. The third kappa shape index (κ3) is 5.61. The van der Waals surface area contributed by atoms with Crippen LogP contribution in [0.5, 0.6) is 11.5 Å². The summed E-state index contributed by atoms with van der Waals surface area (Å²) in [5.41, 5.74) is 2.45. The predicted molar refractivity (Wildman–Crippen MR) is 111 cm³/mol. The van der Waals surface area contributed by atoms with Crippen LogP contribution in [0.1, 0.15) is 17.5 Å². The summed E-state index contributed by atoms with van der Waals surface area (Å²) in [5, 5.41) is 10.3. The molecule has 5 heteroatoms. The molecule has 146 valence electrons. The number of nitrogens with zero attached hydrogens (tertiary/aromatic N) is 2. The first-order valence-electron chi connectivity index (χ1n) is 9.70.